The summed E-state index contributed by atoms with van der Waals surface area (Å²) in [5.74, 6) is 0.448. The van der Waals surface area contributed by atoms with Crippen molar-refractivity contribution in [2.45, 2.75) is 6.42 Å². The molecule has 1 aliphatic heterocycles. The van der Waals surface area contributed by atoms with Gasteiger partial charge in [0.25, 0.3) is 5.91 Å². The summed E-state index contributed by atoms with van der Waals surface area (Å²) in [6.07, 6.45) is 0.331. The van der Waals surface area contributed by atoms with E-state index in [-0.39, 0.29) is 11.8 Å². The molecule has 0 atom stereocenters. The van der Waals surface area contributed by atoms with Crippen LogP contribution in [0.3, 0.4) is 0 Å². The molecule has 1 aromatic heterocycles. The minimum atomic E-state index is -0.110. The van der Waals surface area contributed by atoms with Crippen molar-refractivity contribution < 1.29 is 9.59 Å². The molecule has 1 aliphatic rings. The highest BCUT2D eigenvalue weighted by Gasteiger charge is 2.17. The van der Waals surface area contributed by atoms with E-state index in [1.54, 1.807) is 6.07 Å². The summed E-state index contributed by atoms with van der Waals surface area (Å²) in [5, 5.41) is 10.6. The zero-order valence-electron chi connectivity index (χ0n) is 10.1. The van der Waals surface area contributed by atoms with Crippen molar-refractivity contribution in [1.29, 1.82) is 0 Å². The first-order valence-corrected chi connectivity index (χ1v) is 6.93. The van der Waals surface area contributed by atoms with Crippen LogP contribution in [0.5, 0.6) is 0 Å². The minimum absolute atomic E-state index is 0.00613. The van der Waals surface area contributed by atoms with Crippen LogP contribution in [0.4, 0.5) is 0 Å². The molecule has 0 saturated carbocycles. The number of thiophene rings is 1. The van der Waals surface area contributed by atoms with E-state index < -0.39 is 0 Å². The molecular weight excluding hydrogens is 250 g/mol. The summed E-state index contributed by atoms with van der Waals surface area (Å²) in [7, 11) is 0. The van der Waals surface area contributed by atoms with Crippen molar-refractivity contribution >= 4 is 23.2 Å². The predicted octanol–water partition coefficient (Wildman–Crippen LogP) is 0.204. The molecule has 0 unspecified atom stereocenters. The molecule has 98 valence electrons. The number of rotatable bonds is 6. The molecule has 0 radical (unpaired) electrons. The van der Waals surface area contributed by atoms with Crippen LogP contribution in [0.25, 0.3) is 0 Å². The average molecular weight is 267 g/mol. The fourth-order valence-electron chi connectivity index (χ4n) is 1.62. The lowest BCUT2D eigenvalue weighted by molar-refractivity contribution is -0.121. The molecule has 1 aromatic rings. The molecular formula is C12H17N3O2S. The van der Waals surface area contributed by atoms with Crippen LogP contribution in [0, 0.1) is 5.92 Å². The second-order valence-corrected chi connectivity index (χ2v) is 5.26. The number of amides is 2. The summed E-state index contributed by atoms with van der Waals surface area (Å²) in [5.41, 5.74) is 0. The number of nitrogens with one attached hydrogen (secondary N) is 3. The van der Waals surface area contributed by atoms with E-state index in [9.17, 15) is 9.59 Å². The SMILES string of the molecule is O=C(CCNC(=O)c1cccs1)NCC1CNC1. The van der Waals surface area contributed by atoms with Gasteiger partial charge in [0, 0.05) is 38.5 Å². The summed E-state index contributed by atoms with van der Waals surface area (Å²) in [4.78, 5) is 23.7. The van der Waals surface area contributed by atoms with Gasteiger partial charge in [0.15, 0.2) is 0 Å². The van der Waals surface area contributed by atoms with E-state index in [1.165, 1.54) is 11.3 Å². The van der Waals surface area contributed by atoms with E-state index in [1.807, 2.05) is 11.4 Å². The number of hydrogen-bond acceptors (Lipinski definition) is 4. The molecule has 2 rings (SSSR count). The second-order valence-electron chi connectivity index (χ2n) is 4.31. The Balaban J connectivity index is 1.56. The van der Waals surface area contributed by atoms with E-state index >= 15 is 0 Å². The van der Waals surface area contributed by atoms with Crippen molar-refractivity contribution in [2.24, 2.45) is 5.92 Å². The summed E-state index contributed by atoms with van der Waals surface area (Å²) >= 11 is 1.40. The topological polar surface area (TPSA) is 70.2 Å². The number of carbonyl (C=O) groups is 2. The van der Waals surface area contributed by atoms with Crippen LogP contribution >= 0.6 is 11.3 Å². The lowest BCUT2D eigenvalue weighted by atomic mass is 10.0. The van der Waals surface area contributed by atoms with Crippen LogP contribution in [0.2, 0.25) is 0 Å². The van der Waals surface area contributed by atoms with Gasteiger partial charge in [-0.3, -0.25) is 9.59 Å². The van der Waals surface area contributed by atoms with Crippen LogP contribution in [-0.4, -0.2) is 38.0 Å². The van der Waals surface area contributed by atoms with Gasteiger partial charge in [0.05, 0.1) is 4.88 Å². The standard InChI is InChI=1S/C12H17N3O2S/c16-11(15-8-9-6-13-7-9)3-4-14-12(17)10-2-1-5-18-10/h1-2,5,9,13H,3-4,6-8H2,(H,14,17)(H,15,16). The Morgan fingerprint density at radius 2 is 2.22 bits per heavy atom. The Bertz CT molecular complexity index is 401. The Labute approximate surface area is 110 Å². The largest absolute Gasteiger partial charge is 0.356 e. The average Bonchev–Trinajstić information content (AvgIpc) is 2.80. The monoisotopic (exact) mass is 267 g/mol. The van der Waals surface area contributed by atoms with Crippen LogP contribution < -0.4 is 16.0 Å². The first-order chi connectivity index (χ1) is 8.75. The molecule has 5 nitrogen and oxygen atoms in total. The van der Waals surface area contributed by atoms with Crippen LogP contribution in [0.1, 0.15) is 16.1 Å². The molecule has 3 N–H and O–H groups in total. The van der Waals surface area contributed by atoms with E-state index in [2.05, 4.69) is 16.0 Å². The van der Waals surface area contributed by atoms with Crippen molar-refractivity contribution in [2.75, 3.05) is 26.2 Å². The van der Waals surface area contributed by atoms with E-state index in [0.29, 0.717) is 23.8 Å². The summed E-state index contributed by atoms with van der Waals surface area (Å²) in [6.45, 7) is 3.07. The van der Waals surface area contributed by atoms with Crippen molar-refractivity contribution in [3.8, 4) is 0 Å². The quantitative estimate of drug-likeness (QED) is 0.690. The molecule has 6 heteroatoms. The Morgan fingerprint density at radius 3 is 2.83 bits per heavy atom. The van der Waals surface area contributed by atoms with E-state index in [4.69, 9.17) is 0 Å². The van der Waals surface area contributed by atoms with Crippen molar-refractivity contribution in [3.05, 3.63) is 22.4 Å². The number of carbonyl (C=O) groups excluding carboxylic acids is 2. The highest BCUT2D eigenvalue weighted by molar-refractivity contribution is 7.12. The zero-order valence-corrected chi connectivity index (χ0v) is 10.9. The highest BCUT2D eigenvalue weighted by atomic mass is 32.1. The van der Waals surface area contributed by atoms with E-state index in [0.717, 1.165) is 19.6 Å². The summed E-state index contributed by atoms with van der Waals surface area (Å²) < 4.78 is 0. The molecule has 0 bridgehead atoms. The Morgan fingerprint density at radius 1 is 1.39 bits per heavy atom. The second kappa shape index (κ2) is 6.51. The molecule has 0 spiro atoms. The van der Waals surface area contributed by atoms with Crippen LogP contribution in [-0.2, 0) is 4.79 Å². The molecule has 2 amide bonds. The lowest BCUT2D eigenvalue weighted by Crippen LogP contribution is -2.48. The maximum Gasteiger partial charge on any atom is 0.261 e. The summed E-state index contributed by atoms with van der Waals surface area (Å²) in [6, 6.07) is 3.60. The fraction of sp³-hybridized carbons (Fsp3) is 0.500. The van der Waals surface area contributed by atoms with Crippen molar-refractivity contribution in [1.82, 2.24) is 16.0 Å². The molecule has 0 aliphatic carbocycles. The highest BCUT2D eigenvalue weighted by Crippen LogP contribution is 2.07. The maximum absolute atomic E-state index is 11.6. The van der Waals surface area contributed by atoms with Gasteiger partial charge < -0.3 is 16.0 Å². The third kappa shape index (κ3) is 3.82. The predicted molar refractivity (Wildman–Crippen MR) is 70.6 cm³/mol. The third-order valence-electron chi connectivity index (χ3n) is 2.84. The van der Waals surface area contributed by atoms with Gasteiger partial charge in [-0.2, -0.15) is 0 Å². The molecule has 1 fully saturated rings. The molecule has 18 heavy (non-hydrogen) atoms. The fourth-order valence-corrected chi connectivity index (χ4v) is 2.26. The van der Waals surface area contributed by atoms with Gasteiger partial charge in [-0.1, -0.05) is 6.07 Å². The Hall–Kier alpha value is -1.40. The number of hydrogen-bond donors (Lipinski definition) is 3. The first-order valence-electron chi connectivity index (χ1n) is 6.05. The minimum Gasteiger partial charge on any atom is -0.356 e. The van der Waals surface area contributed by atoms with Gasteiger partial charge in [0.1, 0.15) is 0 Å². The molecule has 2 heterocycles. The van der Waals surface area contributed by atoms with Gasteiger partial charge >= 0.3 is 0 Å². The maximum atomic E-state index is 11.6. The van der Waals surface area contributed by atoms with Crippen molar-refractivity contribution in [3.63, 3.8) is 0 Å². The Kier molecular flexibility index (Phi) is 4.72. The first kappa shape index (κ1) is 13.0. The smallest absolute Gasteiger partial charge is 0.261 e. The van der Waals surface area contributed by atoms with Gasteiger partial charge in [-0.15, -0.1) is 11.3 Å². The van der Waals surface area contributed by atoms with Gasteiger partial charge in [0.2, 0.25) is 5.91 Å². The molecule has 1 saturated heterocycles. The van der Waals surface area contributed by atoms with Crippen LogP contribution in [0.15, 0.2) is 17.5 Å². The molecule has 0 aromatic carbocycles. The van der Waals surface area contributed by atoms with Gasteiger partial charge in [-0.05, 0) is 11.4 Å². The third-order valence-corrected chi connectivity index (χ3v) is 3.71. The van der Waals surface area contributed by atoms with Gasteiger partial charge in [-0.25, -0.2) is 0 Å². The zero-order chi connectivity index (χ0) is 12.8. The normalized spacial score (nSPS) is 14.9. The lowest BCUT2D eigenvalue weighted by Gasteiger charge is -2.27.